The standard InChI is InChI=1S/C15H19FN2O3/c1-11-2-3-12(10-13(11)16)17-14(19)18-6-4-15(5-7-18)20-8-9-21-15/h2-3,10H,4-9H2,1H3,(H,17,19). The van der Waals surface area contributed by atoms with E-state index in [9.17, 15) is 9.18 Å². The average Bonchev–Trinajstić information content (AvgIpc) is 2.92. The molecule has 2 heterocycles. The summed E-state index contributed by atoms with van der Waals surface area (Å²) in [6.45, 7) is 4.07. The van der Waals surface area contributed by atoms with Crippen molar-refractivity contribution in [2.75, 3.05) is 31.6 Å². The van der Waals surface area contributed by atoms with Gasteiger partial charge in [0.05, 0.1) is 13.2 Å². The number of nitrogens with one attached hydrogen (secondary N) is 1. The number of ether oxygens (including phenoxy) is 2. The molecule has 0 atom stereocenters. The lowest BCUT2D eigenvalue weighted by Gasteiger charge is -2.37. The predicted octanol–water partition coefficient (Wildman–Crippen LogP) is 2.50. The number of carbonyl (C=O) groups is 1. The number of hydrogen-bond donors (Lipinski definition) is 1. The minimum absolute atomic E-state index is 0.217. The normalized spacial score (nSPS) is 20.8. The second-order valence-electron chi connectivity index (χ2n) is 5.49. The zero-order valence-electron chi connectivity index (χ0n) is 12.0. The maximum absolute atomic E-state index is 13.5. The van der Waals surface area contributed by atoms with E-state index in [0.29, 0.717) is 50.4 Å². The van der Waals surface area contributed by atoms with E-state index >= 15 is 0 Å². The highest BCUT2D eigenvalue weighted by molar-refractivity contribution is 5.89. The van der Waals surface area contributed by atoms with Gasteiger partial charge < -0.3 is 19.7 Å². The Morgan fingerprint density at radius 2 is 1.95 bits per heavy atom. The van der Waals surface area contributed by atoms with Gasteiger partial charge in [-0.1, -0.05) is 6.07 Å². The molecule has 6 heteroatoms. The van der Waals surface area contributed by atoms with E-state index in [2.05, 4.69) is 5.32 Å². The zero-order chi connectivity index (χ0) is 14.9. The molecule has 114 valence electrons. The van der Waals surface area contributed by atoms with Crippen LogP contribution >= 0.6 is 0 Å². The van der Waals surface area contributed by atoms with Gasteiger partial charge in [-0.25, -0.2) is 9.18 Å². The Bertz CT molecular complexity index is 534. The van der Waals surface area contributed by atoms with E-state index in [1.54, 1.807) is 24.0 Å². The summed E-state index contributed by atoms with van der Waals surface area (Å²) in [7, 11) is 0. The Labute approximate surface area is 123 Å². The van der Waals surface area contributed by atoms with Crippen molar-refractivity contribution in [3.8, 4) is 0 Å². The summed E-state index contributed by atoms with van der Waals surface area (Å²) in [5.41, 5.74) is 1.03. The molecule has 21 heavy (non-hydrogen) atoms. The van der Waals surface area contributed by atoms with Gasteiger partial charge in [0.2, 0.25) is 0 Å². The fourth-order valence-corrected chi connectivity index (χ4v) is 2.71. The molecule has 2 saturated heterocycles. The van der Waals surface area contributed by atoms with Gasteiger partial charge in [-0.3, -0.25) is 0 Å². The summed E-state index contributed by atoms with van der Waals surface area (Å²) in [6.07, 6.45) is 1.34. The number of nitrogens with zero attached hydrogens (tertiary/aromatic N) is 1. The van der Waals surface area contributed by atoms with Gasteiger partial charge in [-0.15, -0.1) is 0 Å². The number of benzene rings is 1. The van der Waals surface area contributed by atoms with Crippen LogP contribution in [0.15, 0.2) is 18.2 Å². The molecule has 2 amide bonds. The average molecular weight is 294 g/mol. The van der Waals surface area contributed by atoms with Crippen molar-refractivity contribution >= 4 is 11.7 Å². The Morgan fingerprint density at radius 1 is 1.29 bits per heavy atom. The highest BCUT2D eigenvalue weighted by Gasteiger charge is 2.40. The zero-order valence-corrected chi connectivity index (χ0v) is 12.0. The minimum atomic E-state index is -0.493. The van der Waals surface area contributed by atoms with Crippen LogP contribution in [0.1, 0.15) is 18.4 Å². The number of amides is 2. The number of hydrogen-bond acceptors (Lipinski definition) is 3. The molecule has 0 aliphatic carbocycles. The number of aryl methyl sites for hydroxylation is 1. The number of halogens is 1. The third kappa shape index (κ3) is 3.01. The number of piperidine rings is 1. The van der Waals surface area contributed by atoms with E-state index in [1.165, 1.54) is 6.07 Å². The minimum Gasteiger partial charge on any atom is -0.347 e. The first-order chi connectivity index (χ1) is 10.1. The Kier molecular flexibility index (Phi) is 3.82. The van der Waals surface area contributed by atoms with Gasteiger partial charge in [0.1, 0.15) is 5.82 Å². The largest absolute Gasteiger partial charge is 0.347 e. The van der Waals surface area contributed by atoms with Crippen molar-refractivity contribution in [1.82, 2.24) is 4.90 Å². The molecule has 5 nitrogen and oxygen atoms in total. The SMILES string of the molecule is Cc1ccc(NC(=O)N2CCC3(CC2)OCCO3)cc1F. The number of anilines is 1. The molecule has 0 radical (unpaired) electrons. The molecular formula is C15H19FN2O3. The van der Waals surface area contributed by atoms with Crippen LogP contribution in [0.5, 0.6) is 0 Å². The lowest BCUT2D eigenvalue weighted by Crippen LogP contribution is -2.48. The fourth-order valence-electron chi connectivity index (χ4n) is 2.71. The molecule has 1 aromatic carbocycles. The van der Waals surface area contributed by atoms with Crippen molar-refractivity contribution in [1.29, 1.82) is 0 Å². The number of urea groups is 1. The summed E-state index contributed by atoms with van der Waals surface area (Å²) < 4.78 is 24.7. The van der Waals surface area contributed by atoms with E-state index < -0.39 is 5.79 Å². The summed E-state index contributed by atoms with van der Waals surface area (Å²) >= 11 is 0. The van der Waals surface area contributed by atoms with E-state index in [0.717, 1.165) is 0 Å². The molecule has 1 aromatic rings. The smallest absolute Gasteiger partial charge is 0.321 e. The highest BCUT2D eigenvalue weighted by atomic mass is 19.1. The van der Waals surface area contributed by atoms with E-state index in [-0.39, 0.29) is 11.8 Å². The monoisotopic (exact) mass is 294 g/mol. The Hall–Kier alpha value is -1.66. The molecule has 0 saturated carbocycles. The fraction of sp³-hybridized carbons (Fsp3) is 0.533. The first-order valence-corrected chi connectivity index (χ1v) is 7.18. The van der Waals surface area contributed by atoms with Crippen LogP contribution in [-0.4, -0.2) is 43.0 Å². The van der Waals surface area contributed by atoms with Gasteiger partial charge in [0, 0.05) is 31.6 Å². The number of rotatable bonds is 1. The maximum atomic E-state index is 13.5. The van der Waals surface area contributed by atoms with Crippen molar-refractivity contribution in [3.63, 3.8) is 0 Å². The van der Waals surface area contributed by atoms with Crippen LogP contribution in [-0.2, 0) is 9.47 Å². The first-order valence-electron chi connectivity index (χ1n) is 7.18. The van der Waals surface area contributed by atoms with Gasteiger partial charge in [0.25, 0.3) is 0 Å². The predicted molar refractivity (Wildman–Crippen MR) is 75.6 cm³/mol. The number of carbonyl (C=O) groups excluding carboxylic acids is 1. The van der Waals surface area contributed by atoms with Crippen LogP contribution in [0, 0.1) is 12.7 Å². The van der Waals surface area contributed by atoms with Crippen molar-refractivity contribution in [3.05, 3.63) is 29.6 Å². The van der Waals surface area contributed by atoms with Crippen molar-refractivity contribution in [2.24, 2.45) is 0 Å². The van der Waals surface area contributed by atoms with Gasteiger partial charge >= 0.3 is 6.03 Å². The first kappa shape index (κ1) is 14.3. The lowest BCUT2D eigenvalue weighted by atomic mass is 10.0. The van der Waals surface area contributed by atoms with Gasteiger partial charge in [-0.2, -0.15) is 0 Å². The number of likely N-dealkylation sites (tertiary alicyclic amines) is 1. The quantitative estimate of drug-likeness (QED) is 0.866. The molecule has 2 fully saturated rings. The van der Waals surface area contributed by atoms with Crippen molar-refractivity contribution in [2.45, 2.75) is 25.6 Å². The maximum Gasteiger partial charge on any atom is 0.321 e. The second kappa shape index (κ2) is 5.61. The van der Waals surface area contributed by atoms with Gasteiger partial charge in [-0.05, 0) is 24.6 Å². The molecule has 1 spiro atoms. The van der Waals surface area contributed by atoms with E-state index in [4.69, 9.17) is 9.47 Å². The Balaban J connectivity index is 1.57. The van der Waals surface area contributed by atoms with E-state index in [1.807, 2.05) is 0 Å². The van der Waals surface area contributed by atoms with Gasteiger partial charge in [0.15, 0.2) is 5.79 Å². The van der Waals surface area contributed by atoms with Crippen LogP contribution in [0.25, 0.3) is 0 Å². The third-order valence-corrected chi connectivity index (χ3v) is 4.05. The Morgan fingerprint density at radius 3 is 2.57 bits per heavy atom. The van der Waals surface area contributed by atoms with Crippen LogP contribution in [0.3, 0.4) is 0 Å². The molecule has 0 aromatic heterocycles. The van der Waals surface area contributed by atoms with Crippen LogP contribution in [0.2, 0.25) is 0 Å². The highest BCUT2D eigenvalue weighted by Crippen LogP contribution is 2.31. The molecule has 0 unspecified atom stereocenters. The molecule has 1 N–H and O–H groups in total. The molecule has 2 aliphatic rings. The topological polar surface area (TPSA) is 50.8 Å². The lowest BCUT2D eigenvalue weighted by molar-refractivity contribution is -0.181. The molecule has 3 rings (SSSR count). The van der Waals surface area contributed by atoms with Crippen LogP contribution in [0.4, 0.5) is 14.9 Å². The summed E-state index contributed by atoms with van der Waals surface area (Å²) in [5, 5.41) is 2.72. The third-order valence-electron chi connectivity index (χ3n) is 4.05. The molecule has 0 bridgehead atoms. The van der Waals surface area contributed by atoms with Crippen LogP contribution < -0.4 is 5.32 Å². The molecule has 2 aliphatic heterocycles. The van der Waals surface area contributed by atoms with Crippen molar-refractivity contribution < 1.29 is 18.7 Å². The molecular weight excluding hydrogens is 275 g/mol. The second-order valence-corrected chi connectivity index (χ2v) is 5.49. The summed E-state index contributed by atoms with van der Waals surface area (Å²) in [4.78, 5) is 13.9. The summed E-state index contributed by atoms with van der Waals surface area (Å²) in [5.74, 6) is -0.814. The summed E-state index contributed by atoms with van der Waals surface area (Å²) in [6, 6.07) is 4.47.